The van der Waals surface area contributed by atoms with Crippen molar-refractivity contribution in [1.29, 1.82) is 0 Å². The van der Waals surface area contributed by atoms with Gasteiger partial charge in [-0.05, 0) is 66.7 Å². The molecule has 0 spiro atoms. The Morgan fingerprint density at radius 2 is 1.60 bits per heavy atom. The summed E-state index contributed by atoms with van der Waals surface area (Å²) in [7, 11) is 1.59. The topological polar surface area (TPSA) is 74.5 Å². The van der Waals surface area contributed by atoms with E-state index in [-0.39, 0.29) is 11.7 Å². The molecule has 0 bridgehead atoms. The molecule has 0 saturated carbocycles. The summed E-state index contributed by atoms with van der Waals surface area (Å²) in [6.07, 6.45) is 0. The lowest BCUT2D eigenvalue weighted by molar-refractivity contribution is -0.123. The Morgan fingerprint density at radius 3 is 2.27 bits per heavy atom. The maximum atomic E-state index is 12.4. The smallest absolute Gasteiger partial charge is 0.248 e. The highest BCUT2D eigenvalue weighted by Crippen LogP contribution is 2.46. The minimum Gasteiger partial charge on any atom is -0.508 e. The monoisotopic (exact) mass is 441 g/mol. The van der Waals surface area contributed by atoms with Gasteiger partial charge in [0.05, 0.1) is 24.5 Å². The number of amides is 1. The third kappa shape index (κ3) is 3.84. The number of aromatic hydroxyl groups is 1. The number of nitrogens with zero attached hydrogens (tertiary/aromatic N) is 3. The van der Waals surface area contributed by atoms with Gasteiger partial charge in [0.25, 0.3) is 0 Å². The first kappa shape index (κ1) is 20.2. The molecule has 1 heterocycles. The van der Waals surface area contributed by atoms with Gasteiger partial charge in [-0.25, -0.2) is 0 Å². The van der Waals surface area contributed by atoms with Crippen LogP contribution in [-0.2, 0) is 4.79 Å². The fourth-order valence-electron chi connectivity index (χ4n) is 3.25. The van der Waals surface area contributed by atoms with E-state index in [1.54, 1.807) is 67.8 Å². The number of alkyl halides is 1. The maximum Gasteiger partial charge on any atom is 0.248 e. The quantitative estimate of drug-likeness (QED) is 0.292. The maximum absolute atomic E-state index is 12.4. The van der Waals surface area contributed by atoms with E-state index in [0.29, 0.717) is 27.6 Å². The van der Waals surface area contributed by atoms with Crippen LogP contribution in [0, 0.1) is 0 Å². The highest BCUT2D eigenvalue weighted by atomic mass is 35.5. The SMILES string of the molecule is COc1ccc(N=Nc2ccc(O)c([C@@H]3[C@H](Cl)C(=O)N3c3ccc(Cl)cc3)c2)cc1. The molecule has 0 aliphatic carbocycles. The predicted octanol–water partition coefficient (Wildman–Crippen LogP) is 6.16. The molecule has 0 radical (unpaired) electrons. The van der Waals surface area contributed by atoms with Crippen molar-refractivity contribution in [3.05, 3.63) is 77.3 Å². The lowest BCUT2D eigenvalue weighted by Crippen LogP contribution is -2.56. The van der Waals surface area contributed by atoms with Gasteiger partial charge in [0.1, 0.15) is 16.9 Å². The standard InChI is InChI=1S/C22H17Cl2N3O3/c1-30-17-9-4-14(5-10-17)25-26-15-6-11-19(28)18(12-15)21-20(24)22(29)27(21)16-7-2-13(23)3-8-16/h2-12,20-21,28H,1H3/t20-,21+/m0/s1. The van der Waals surface area contributed by atoms with Crippen molar-refractivity contribution >= 4 is 46.2 Å². The number of hydrogen-bond acceptors (Lipinski definition) is 5. The predicted molar refractivity (Wildman–Crippen MR) is 117 cm³/mol. The van der Waals surface area contributed by atoms with E-state index in [2.05, 4.69) is 10.2 Å². The van der Waals surface area contributed by atoms with Crippen LogP contribution in [0.25, 0.3) is 0 Å². The Bertz CT molecular complexity index is 1100. The molecule has 30 heavy (non-hydrogen) atoms. The number of carbonyl (C=O) groups is 1. The number of hydrogen-bond donors (Lipinski definition) is 1. The van der Waals surface area contributed by atoms with E-state index in [1.165, 1.54) is 11.0 Å². The van der Waals surface area contributed by atoms with E-state index in [4.69, 9.17) is 27.9 Å². The van der Waals surface area contributed by atoms with Gasteiger partial charge in [0.2, 0.25) is 5.91 Å². The number of β-lactam (4-membered cyclic amide) rings is 1. The second-order valence-electron chi connectivity index (χ2n) is 6.67. The van der Waals surface area contributed by atoms with Gasteiger partial charge < -0.3 is 14.7 Å². The minimum absolute atomic E-state index is 0.0283. The lowest BCUT2D eigenvalue weighted by atomic mass is 9.91. The number of phenols is 1. The highest BCUT2D eigenvalue weighted by Gasteiger charge is 2.49. The van der Waals surface area contributed by atoms with Crippen molar-refractivity contribution in [2.45, 2.75) is 11.4 Å². The van der Waals surface area contributed by atoms with Crippen molar-refractivity contribution in [3.8, 4) is 11.5 Å². The minimum atomic E-state index is -0.791. The molecule has 0 unspecified atom stereocenters. The van der Waals surface area contributed by atoms with Crippen LogP contribution in [0.1, 0.15) is 11.6 Å². The van der Waals surface area contributed by atoms with Gasteiger partial charge in [-0.15, -0.1) is 11.6 Å². The third-order valence-corrected chi connectivity index (χ3v) is 5.49. The summed E-state index contributed by atoms with van der Waals surface area (Å²) in [4.78, 5) is 14.0. The summed E-state index contributed by atoms with van der Waals surface area (Å²) >= 11 is 12.3. The molecule has 3 aromatic carbocycles. The summed E-state index contributed by atoms with van der Waals surface area (Å²) in [6.45, 7) is 0. The van der Waals surface area contributed by atoms with Crippen LogP contribution in [0.2, 0.25) is 5.02 Å². The van der Waals surface area contributed by atoms with E-state index in [1.807, 2.05) is 0 Å². The molecule has 1 fully saturated rings. The van der Waals surface area contributed by atoms with E-state index in [0.717, 1.165) is 5.75 Å². The van der Waals surface area contributed by atoms with Crippen LogP contribution < -0.4 is 9.64 Å². The molecular formula is C22H17Cl2N3O3. The summed E-state index contributed by atoms with van der Waals surface area (Å²) < 4.78 is 5.13. The average Bonchev–Trinajstić information content (AvgIpc) is 2.78. The second kappa shape index (κ2) is 8.34. The normalized spacial score (nSPS) is 18.5. The van der Waals surface area contributed by atoms with Crippen molar-refractivity contribution < 1.29 is 14.6 Å². The molecule has 1 N–H and O–H groups in total. The molecule has 2 atom stereocenters. The number of phenolic OH excluding ortho intramolecular Hbond substituents is 1. The zero-order valence-electron chi connectivity index (χ0n) is 15.9. The lowest BCUT2D eigenvalue weighted by Gasteiger charge is -2.44. The fraction of sp³-hybridized carbons (Fsp3) is 0.136. The zero-order chi connectivity index (χ0) is 21.3. The van der Waals surface area contributed by atoms with Gasteiger partial charge in [-0.1, -0.05) is 11.6 Å². The Kier molecular flexibility index (Phi) is 5.61. The summed E-state index contributed by atoms with van der Waals surface area (Å²) in [5, 5.41) is 18.6. The number of carbonyl (C=O) groups excluding carboxylic acids is 1. The van der Waals surface area contributed by atoms with E-state index >= 15 is 0 Å². The molecule has 1 saturated heterocycles. The number of anilines is 1. The van der Waals surface area contributed by atoms with Crippen molar-refractivity contribution in [3.63, 3.8) is 0 Å². The Hall–Kier alpha value is -3.09. The largest absolute Gasteiger partial charge is 0.508 e. The Morgan fingerprint density at radius 1 is 0.967 bits per heavy atom. The van der Waals surface area contributed by atoms with Crippen LogP contribution in [0.3, 0.4) is 0 Å². The average molecular weight is 442 g/mol. The van der Waals surface area contributed by atoms with Crippen LogP contribution in [-0.4, -0.2) is 23.5 Å². The summed E-state index contributed by atoms with van der Waals surface area (Å²) in [5.74, 6) is 0.514. The Balaban J connectivity index is 1.62. The van der Waals surface area contributed by atoms with Crippen LogP contribution in [0.5, 0.6) is 11.5 Å². The summed E-state index contributed by atoms with van der Waals surface area (Å²) in [5.41, 5.74) is 2.33. The molecule has 0 aromatic heterocycles. The van der Waals surface area contributed by atoms with E-state index < -0.39 is 11.4 Å². The van der Waals surface area contributed by atoms with Crippen LogP contribution in [0.15, 0.2) is 77.0 Å². The number of benzene rings is 3. The molecule has 1 aliphatic rings. The first-order valence-corrected chi connectivity index (χ1v) is 9.91. The second-order valence-corrected chi connectivity index (χ2v) is 7.58. The van der Waals surface area contributed by atoms with E-state index in [9.17, 15) is 9.90 Å². The Labute approximate surface area is 183 Å². The van der Waals surface area contributed by atoms with Gasteiger partial charge in [-0.3, -0.25) is 4.79 Å². The first-order chi connectivity index (χ1) is 14.5. The van der Waals surface area contributed by atoms with Gasteiger partial charge in [0.15, 0.2) is 0 Å². The fourth-order valence-corrected chi connectivity index (χ4v) is 3.72. The van der Waals surface area contributed by atoms with Gasteiger partial charge in [0, 0.05) is 16.3 Å². The number of halogens is 2. The zero-order valence-corrected chi connectivity index (χ0v) is 17.4. The summed E-state index contributed by atoms with van der Waals surface area (Å²) in [6, 6.07) is 18.3. The van der Waals surface area contributed by atoms with Crippen LogP contribution >= 0.6 is 23.2 Å². The third-order valence-electron chi connectivity index (χ3n) is 4.82. The van der Waals surface area contributed by atoms with Crippen molar-refractivity contribution in [2.24, 2.45) is 10.2 Å². The molecule has 4 rings (SSSR count). The molecule has 1 aliphatic heterocycles. The number of azo groups is 1. The van der Waals surface area contributed by atoms with Gasteiger partial charge in [-0.2, -0.15) is 10.2 Å². The highest BCUT2D eigenvalue weighted by molar-refractivity contribution is 6.37. The molecule has 8 heteroatoms. The number of methoxy groups -OCH3 is 1. The number of ether oxygens (including phenoxy) is 1. The molecule has 1 amide bonds. The first-order valence-electron chi connectivity index (χ1n) is 9.09. The molecular weight excluding hydrogens is 425 g/mol. The van der Waals surface area contributed by atoms with Crippen LogP contribution in [0.4, 0.5) is 17.1 Å². The van der Waals surface area contributed by atoms with Gasteiger partial charge >= 0.3 is 0 Å². The number of rotatable bonds is 5. The van der Waals surface area contributed by atoms with Crippen molar-refractivity contribution in [1.82, 2.24) is 0 Å². The molecule has 3 aromatic rings. The van der Waals surface area contributed by atoms with Crippen molar-refractivity contribution in [2.75, 3.05) is 12.0 Å². The molecule has 6 nitrogen and oxygen atoms in total. The molecule has 152 valence electrons.